The van der Waals surface area contributed by atoms with Crippen LogP contribution >= 0.6 is 0 Å². The molecule has 4 atom stereocenters. The van der Waals surface area contributed by atoms with E-state index in [0.29, 0.717) is 30.3 Å². The number of aromatic nitrogens is 3. The molecule has 3 aromatic rings. The van der Waals surface area contributed by atoms with Crippen molar-refractivity contribution >= 4 is 11.8 Å². The van der Waals surface area contributed by atoms with Crippen molar-refractivity contribution in [3.8, 4) is 11.4 Å². The van der Waals surface area contributed by atoms with Crippen LogP contribution < -0.4 is 5.32 Å². The largest absolute Gasteiger partial charge is 0.448 e. The van der Waals surface area contributed by atoms with Crippen LogP contribution in [0.3, 0.4) is 0 Å². The molecule has 0 spiro atoms. The van der Waals surface area contributed by atoms with Crippen molar-refractivity contribution in [3.05, 3.63) is 71.8 Å². The Morgan fingerprint density at radius 3 is 2.46 bits per heavy atom. The van der Waals surface area contributed by atoms with Crippen molar-refractivity contribution < 1.29 is 9.53 Å². The summed E-state index contributed by atoms with van der Waals surface area (Å²) in [6.07, 6.45) is 10.4. The van der Waals surface area contributed by atoms with Crippen molar-refractivity contribution in [1.29, 1.82) is 0 Å². The Balaban J connectivity index is 1.12. The van der Waals surface area contributed by atoms with E-state index in [1.54, 1.807) is 0 Å². The highest BCUT2D eigenvalue weighted by Crippen LogP contribution is 2.43. The highest BCUT2D eigenvalue weighted by atomic mass is 16.5. The highest BCUT2D eigenvalue weighted by Gasteiger charge is 2.42. The first-order valence-corrected chi connectivity index (χ1v) is 14.6. The Labute approximate surface area is 231 Å². The van der Waals surface area contributed by atoms with Crippen molar-refractivity contribution in [2.75, 3.05) is 25.0 Å². The van der Waals surface area contributed by atoms with E-state index in [-0.39, 0.29) is 12.1 Å². The van der Waals surface area contributed by atoms with Crippen LogP contribution in [0.15, 0.2) is 54.9 Å². The number of carbonyl (C=O) groups is 1. The van der Waals surface area contributed by atoms with Crippen LogP contribution in [0.1, 0.15) is 87.1 Å². The Kier molecular flexibility index (Phi) is 7.60. The number of nitrogens with zero attached hydrogens (tertiary/aromatic N) is 4. The van der Waals surface area contributed by atoms with Crippen LogP contribution in [0.2, 0.25) is 0 Å². The summed E-state index contributed by atoms with van der Waals surface area (Å²) in [5.41, 5.74) is 5.43. The number of benzene rings is 1. The van der Waals surface area contributed by atoms with Crippen molar-refractivity contribution in [2.45, 2.75) is 76.2 Å². The molecule has 1 aromatic carbocycles. The summed E-state index contributed by atoms with van der Waals surface area (Å²) in [5.74, 6) is 2.74. The van der Waals surface area contributed by atoms with Crippen LogP contribution in [-0.4, -0.2) is 51.7 Å². The molecule has 204 valence electrons. The number of pyridine rings is 1. The van der Waals surface area contributed by atoms with Gasteiger partial charge >= 0.3 is 6.09 Å². The third kappa shape index (κ3) is 5.83. The first-order chi connectivity index (χ1) is 19.0. The van der Waals surface area contributed by atoms with Gasteiger partial charge in [0.1, 0.15) is 6.61 Å². The zero-order chi connectivity index (χ0) is 26.8. The summed E-state index contributed by atoms with van der Waals surface area (Å²) < 4.78 is 5.70. The molecular weight excluding hydrogens is 486 g/mol. The van der Waals surface area contributed by atoms with Gasteiger partial charge in [-0.2, -0.15) is 0 Å². The third-order valence-electron chi connectivity index (χ3n) is 8.97. The van der Waals surface area contributed by atoms with E-state index in [1.807, 2.05) is 36.7 Å². The Morgan fingerprint density at radius 2 is 1.77 bits per heavy atom. The van der Waals surface area contributed by atoms with E-state index in [2.05, 4.69) is 47.2 Å². The minimum absolute atomic E-state index is 0.255. The fraction of sp³-hybridized carbons (Fsp3) is 0.500. The third-order valence-corrected chi connectivity index (χ3v) is 8.97. The van der Waals surface area contributed by atoms with Gasteiger partial charge in [0.2, 0.25) is 0 Å². The second-order valence-corrected chi connectivity index (χ2v) is 11.8. The number of amides is 1. The normalized spacial score (nSPS) is 24.7. The molecule has 2 bridgehead atoms. The molecule has 2 aromatic heterocycles. The molecule has 1 saturated carbocycles. The Hall–Kier alpha value is -3.32. The molecular formula is C32H39N5O2. The maximum Gasteiger partial charge on any atom is 0.411 e. The molecule has 1 N–H and O–H groups in total. The molecule has 1 aliphatic carbocycles. The molecule has 7 nitrogen and oxygen atoms in total. The average Bonchev–Trinajstić information content (AvgIpc) is 3.52. The van der Waals surface area contributed by atoms with E-state index >= 15 is 0 Å². The van der Waals surface area contributed by atoms with E-state index in [9.17, 15) is 4.79 Å². The van der Waals surface area contributed by atoms with E-state index < -0.39 is 0 Å². The van der Waals surface area contributed by atoms with E-state index in [1.165, 1.54) is 42.6 Å². The predicted octanol–water partition coefficient (Wildman–Crippen LogP) is 6.75. The maximum atomic E-state index is 12.5. The summed E-state index contributed by atoms with van der Waals surface area (Å²) in [5, 5.41) is 2.88. The number of piperidine rings is 3. The van der Waals surface area contributed by atoms with Crippen molar-refractivity contribution in [1.82, 2.24) is 19.9 Å². The van der Waals surface area contributed by atoms with Gasteiger partial charge in [0, 0.05) is 59.5 Å². The Bertz CT molecular complexity index is 1270. The smallest absolute Gasteiger partial charge is 0.411 e. The number of nitrogens with one attached hydrogen (secondary N) is 1. The zero-order valence-corrected chi connectivity index (χ0v) is 23.1. The monoisotopic (exact) mass is 525 g/mol. The number of hydrogen-bond acceptors (Lipinski definition) is 6. The standard InChI is InChI=1S/C32H39N5O2/c1-21(2)22-7-9-26(10-8-22)34-32(38)39-20-27-17-25-13-16-37(27)19-28(25)30-18-29(23-5-3-4-6-23)35-31(36-30)24-11-14-33-15-12-24/h7-12,14-15,18,21,23,25,27-28H,3-6,13,16-17,19-20H2,1-2H3,(H,34,38). The molecule has 4 fully saturated rings. The minimum Gasteiger partial charge on any atom is -0.448 e. The molecule has 7 heteroatoms. The van der Waals surface area contributed by atoms with Crippen molar-refractivity contribution in [3.63, 3.8) is 0 Å². The fourth-order valence-corrected chi connectivity index (χ4v) is 6.66. The average molecular weight is 526 g/mol. The summed E-state index contributed by atoms with van der Waals surface area (Å²) in [4.78, 5) is 29.4. The van der Waals surface area contributed by atoms with Gasteiger partial charge in [-0.15, -0.1) is 0 Å². The van der Waals surface area contributed by atoms with Gasteiger partial charge in [-0.3, -0.25) is 15.2 Å². The van der Waals surface area contributed by atoms with Gasteiger partial charge in [-0.05, 0) is 80.0 Å². The molecule has 4 aliphatic rings. The van der Waals surface area contributed by atoms with Crippen LogP contribution in [0.5, 0.6) is 0 Å². The highest BCUT2D eigenvalue weighted by molar-refractivity contribution is 5.84. The molecule has 3 aliphatic heterocycles. The fourth-order valence-electron chi connectivity index (χ4n) is 6.66. The lowest BCUT2D eigenvalue weighted by molar-refractivity contribution is -0.00149. The molecule has 4 unspecified atom stereocenters. The molecule has 5 heterocycles. The van der Waals surface area contributed by atoms with Gasteiger partial charge in [-0.25, -0.2) is 14.8 Å². The number of ether oxygens (including phenoxy) is 1. The number of rotatable bonds is 7. The molecule has 7 rings (SSSR count). The SMILES string of the molecule is CC(C)c1ccc(NC(=O)OCC2CC3CCN2CC3c2cc(C3CCCC3)nc(-c3ccncc3)n2)cc1. The molecule has 0 radical (unpaired) electrons. The van der Waals surface area contributed by atoms with Gasteiger partial charge in [-0.1, -0.05) is 38.8 Å². The first kappa shape index (κ1) is 25.9. The predicted molar refractivity (Wildman–Crippen MR) is 153 cm³/mol. The molecule has 39 heavy (non-hydrogen) atoms. The lowest BCUT2D eigenvalue weighted by Crippen LogP contribution is -2.54. The lowest BCUT2D eigenvalue weighted by atomic mass is 9.74. The summed E-state index contributed by atoms with van der Waals surface area (Å²) >= 11 is 0. The minimum atomic E-state index is -0.384. The number of hydrogen-bond donors (Lipinski definition) is 1. The maximum absolute atomic E-state index is 12.5. The van der Waals surface area contributed by atoms with E-state index in [0.717, 1.165) is 43.0 Å². The van der Waals surface area contributed by atoms with Crippen LogP contribution in [0, 0.1) is 5.92 Å². The topological polar surface area (TPSA) is 80.2 Å². The van der Waals surface area contributed by atoms with Gasteiger partial charge in [0.25, 0.3) is 0 Å². The Morgan fingerprint density at radius 1 is 1.03 bits per heavy atom. The molecule has 1 amide bonds. The van der Waals surface area contributed by atoms with Crippen molar-refractivity contribution in [2.24, 2.45) is 5.92 Å². The van der Waals surface area contributed by atoms with Crippen LogP contribution in [0.25, 0.3) is 11.4 Å². The second kappa shape index (κ2) is 11.4. The van der Waals surface area contributed by atoms with Crippen LogP contribution in [-0.2, 0) is 4.74 Å². The van der Waals surface area contributed by atoms with Gasteiger partial charge in [0.15, 0.2) is 5.82 Å². The van der Waals surface area contributed by atoms with Crippen LogP contribution in [0.4, 0.5) is 10.5 Å². The summed E-state index contributed by atoms with van der Waals surface area (Å²) in [6, 6.07) is 14.6. The van der Waals surface area contributed by atoms with Gasteiger partial charge < -0.3 is 4.74 Å². The number of fused-ring (bicyclic) bond motifs is 3. The van der Waals surface area contributed by atoms with E-state index in [4.69, 9.17) is 14.7 Å². The lowest BCUT2D eigenvalue weighted by Gasteiger charge is -2.49. The first-order valence-electron chi connectivity index (χ1n) is 14.6. The summed E-state index contributed by atoms with van der Waals surface area (Å²) in [7, 11) is 0. The quantitative estimate of drug-likeness (QED) is 0.368. The molecule has 3 saturated heterocycles. The zero-order valence-electron chi connectivity index (χ0n) is 23.1. The summed E-state index contributed by atoms with van der Waals surface area (Å²) in [6.45, 7) is 6.74. The second-order valence-electron chi connectivity index (χ2n) is 11.8. The number of carbonyl (C=O) groups excluding carboxylic acids is 1. The van der Waals surface area contributed by atoms with Gasteiger partial charge in [0.05, 0.1) is 0 Å². The number of anilines is 1.